The van der Waals surface area contributed by atoms with E-state index in [1.165, 1.54) is 4.31 Å². The van der Waals surface area contributed by atoms with Gasteiger partial charge in [0.25, 0.3) is 0 Å². The van der Waals surface area contributed by atoms with E-state index in [1.54, 1.807) is 36.4 Å². The van der Waals surface area contributed by atoms with Crippen LogP contribution in [0.5, 0.6) is 0 Å². The van der Waals surface area contributed by atoms with Crippen LogP contribution in [0.1, 0.15) is 24.4 Å². The summed E-state index contributed by atoms with van der Waals surface area (Å²) >= 11 is 6.46. The summed E-state index contributed by atoms with van der Waals surface area (Å²) < 4.78 is 28.4. The molecule has 1 saturated heterocycles. The van der Waals surface area contributed by atoms with Crippen LogP contribution in [0.4, 0.5) is 0 Å². The molecule has 1 aliphatic carbocycles. The number of benzene rings is 2. The van der Waals surface area contributed by atoms with E-state index < -0.39 is 21.5 Å². The summed E-state index contributed by atoms with van der Waals surface area (Å²) in [4.78, 5) is 0.234. The minimum Gasteiger partial charge on any atom is -0.207 e. The second-order valence-electron chi connectivity index (χ2n) is 7.03. The number of hydrogen-bond donors (Lipinski definition) is 0. The summed E-state index contributed by atoms with van der Waals surface area (Å²) in [6.07, 6.45) is 5.52. The van der Waals surface area contributed by atoms with Crippen LogP contribution >= 0.6 is 11.6 Å². The topological polar surface area (TPSA) is 61.2 Å². The fourth-order valence-corrected chi connectivity index (χ4v) is 6.28. The van der Waals surface area contributed by atoms with Crippen molar-refractivity contribution in [1.82, 2.24) is 4.31 Å². The normalized spacial score (nSPS) is 27.9. The zero-order valence-corrected chi connectivity index (χ0v) is 16.2. The predicted octanol–water partition coefficient (Wildman–Crippen LogP) is 4.56. The Morgan fingerprint density at radius 1 is 1.11 bits per heavy atom. The predicted molar refractivity (Wildman–Crippen MR) is 104 cm³/mol. The third-order valence-electron chi connectivity index (χ3n) is 5.63. The molecule has 0 aromatic heterocycles. The van der Waals surface area contributed by atoms with Crippen molar-refractivity contribution in [1.29, 1.82) is 5.26 Å². The molecule has 0 bridgehead atoms. The number of allylic oxidation sites excluding steroid dienone is 1. The summed E-state index contributed by atoms with van der Waals surface area (Å²) in [6, 6.07) is 17.4. The molecule has 3 unspecified atom stereocenters. The fraction of sp³-hybridized carbons (Fsp3) is 0.286. The van der Waals surface area contributed by atoms with E-state index in [2.05, 4.69) is 6.07 Å². The van der Waals surface area contributed by atoms with Crippen molar-refractivity contribution in [2.24, 2.45) is 11.3 Å². The zero-order chi connectivity index (χ0) is 19.1. The largest absolute Gasteiger partial charge is 0.243 e. The Labute approximate surface area is 164 Å². The summed E-state index contributed by atoms with van der Waals surface area (Å²) in [5.41, 5.74) is -0.236. The summed E-state index contributed by atoms with van der Waals surface area (Å²) in [6.45, 7) is 0.311. The van der Waals surface area contributed by atoms with Gasteiger partial charge in [-0.25, -0.2) is 8.42 Å². The zero-order valence-electron chi connectivity index (χ0n) is 14.6. The van der Waals surface area contributed by atoms with Crippen LogP contribution in [0, 0.1) is 22.7 Å². The molecule has 2 aliphatic rings. The van der Waals surface area contributed by atoms with Crippen molar-refractivity contribution < 1.29 is 8.42 Å². The lowest BCUT2D eigenvalue weighted by Crippen LogP contribution is -2.36. The fourth-order valence-electron chi connectivity index (χ4n) is 4.33. The first-order chi connectivity index (χ1) is 13.0. The first kappa shape index (κ1) is 18.2. The second kappa shape index (κ2) is 6.79. The first-order valence-corrected chi connectivity index (χ1v) is 10.7. The van der Waals surface area contributed by atoms with E-state index in [0.29, 0.717) is 17.1 Å². The van der Waals surface area contributed by atoms with Crippen LogP contribution in [0.2, 0.25) is 5.02 Å². The summed E-state index contributed by atoms with van der Waals surface area (Å²) in [7, 11) is -3.77. The number of rotatable bonds is 3. The highest BCUT2D eigenvalue weighted by Crippen LogP contribution is 2.57. The number of halogens is 1. The smallest absolute Gasteiger partial charge is 0.207 e. The molecule has 3 atom stereocenters. The third-order valence-corrected chi connectivity index (χ3v) is 7.82. The molecule has 0 amide bonds. The highest BCUT2D eigenvalue weighted by atomic mass is 35.5. The molecule has 0 radical (unpaired) electrons. The maximum absolute atomic E-state index is 13.5. The van der Waals surface area contributed by atoms with Gasteiger partial charge in [-0.1, -0.05) is 60.2 Å². The Kier molecular flexibility index (Phi) is 4.59. The van der Waals surface area contributed by atoms with Gasteiger partial charge in [0.2, 0.25) is 10.0 Å². The van der Waals surface area contributed by atoms with Crippen LogP contribution in [0.25, 0.3) is 0 Å². The number of nitrogens with zero attached hydrogens (tertiary/aromatic N) is 2. The first-order valence-electron chi connectivity index (χ1n) is 8.91. The SMILES string of the molecule is N#CC12C=CCCC1CN(S(=O)(=O)c1ccccc1)C2c1ccccc1Cl. The molecule has 1 aliphatic heterocycles. The van der Waals surface area contributed by atoms with Crippen molar-refractivity contribution in [2.75, 3.05) is 6.54 Å². The molecule has 0 N–H and O–H groups in total. The average molecular weight is 399 g/mol. The van der Waals surface area contributed by atoms with Gasteiger partial charge in [-0.15, -0.1) is 0 Å². The molecule has 0 saturated carbocycles. The van der Waals surface area contributed by atoms with Gasteiger partial charge in [-0.2, -0.15) is 9.57 Å². The Bertz CT molecular complexity index is 1030. The highest BCUT2D eigenvalue weighted by molar-refractivity contribution is 7.89. The number of hydrogen-bond acceptors (Lipinski definition) is 3. The quantitative estimate of drug-likeness (QED) is 0.712. The van der Waals surface area contributed by atoms with Gasteiger partial charge in [0.1, 0.15) is 5.41 Å². The third kappa shape index (κ3) is 2.80. The van der Waals surface area contributed by atoms with Crippen LogP contribution in [0.3, 0.4) is 0 Å². The van der Waals surface area contributed by atoms with Gasteiger partial charge in [0, 0.05) is 11.6 Å². The maximum atomic E-state index is 13.5. The van der Waals surface area contributed by atoms with Crippen LogP contribution in [-0.4, -0.2) is 19.3 Å². The second-order valence-corrected chi connectivity index (χ2v) is 9.33. The van der Waals surface area contributed by atoms with Crippen molar-refractivity contribution in [3.05, 3.63) is 77.3 Å². The van der Waals surface area contributed by atoms with E-state index in [9.17, 15) is 13.7 Å². The molecule has 0 spiro atoms. The molecular formula is C21H19ClN2O2S. The van der Waals surface area contributed by atoms with Gasteiger partial charge in [0.15, 0.2) is 0 Å². The molecular weight excluding hydrogens is 380 g/mol. The lowest BCUT2D eigenvalue weighted by molar-refractivity contribution is 0.288. The van der Waals surface area contributed by atoms with E-state index in [0.717, 1.165) is 12.8 Å². The maximum Gasteiger partial charge on any atom is 0.243 e. The molecule has 1 fully saturated rings. The van der Waals surface area contributed by atoms with Gasteiger partial charge >= 0.3 is 0 Å². The number of fused-ring (bicyclic) bond motifs is 1. The minimum atomic E-state index is -3.77. The van der Waals surface area contributed by atoms with E-state index in [1.807, 2.05) is 30.4 Å². The summed E-state index contributed by atoms with van der Waals surface area (Å²) in [5.74, 6) is -0.0627. The average Bonchev–Trinajstić information content (AvgIpc) is 3.05. The molecule has 27 heavy (non-hydrogen) atoms. The van der Waals surface area contributed by atoms with Crippen LogP contribution in [-0.2, 0) is 10.0 Å². The molecule has 4 nitrogen and oxygen atoms in total. The van der Waals surface area contributed by atoms with E-state index in [-0.39, 0.29) is 10.8 Å². The number of nitriles is 1. The molecule has 2 aromatic rings. The van der Waals surface area contributed by atoms with Gasteiger partial charge in [-0.3, -0.25) is 0 Å². The standard InChI is InChI=1S/C21H19ClN2O2S/c22-19-12-5-4-11-18(19)20-21(15-23)13-7-6-8-16(21)14-24(20)27(25,26)17-9-2-1-3-10-17/h1-5,7,9-13,16,20H,6,8,14H2. The van der Waals surface area contributed by atoms with Gasteiger partial charge in [0.05, 0.1) is 17.0 Å². The Morgan fingerprint density at radius 2 is 1.81 bits per heavy atom. The minimum absolute atomic E-state index is 0.0627. The molecule has 1 heterocycles. The molecule has 2 aromatic carbocycles. The van der Waals surface area contributed by atoms with Crippen LogP contribution in [0.15, 0.2) is 71.6 Å². The Hall–Kier alpha value is -2.13. The highest BCUT2D eigenvalue weighted by Gasteiger charge is 2.58. The molecule has 138 valence electrons. The van der Waals surface area contributed by atoms with Crippen molar-refractivity contribution in [3.63, 3.8) is 0 Å². The Balaban J connectivity index is 1.93. The Morgan fingerprint density at radius 3 is 2.52 bits per heavy atom. The number of sulfonamides is 1. The lowest BCUT2D eigenvalue weighted by atomic mass is 9.68. The monoisotopic (exact) mass is 398 g/mol. The summed E-state index contributed by atoms with van der Waals surface area (Å²) in [5, 5.41) is 10.6. The van der Waals surface area contributed by atoms with Gasteiger partial charge < -0.3 is 0 Å². The van der Waals surface area contributed by atoms with Crippen molar-refractivity contribution >= 4 is 21.6 Å². The lowest BCUT2D eigenvalue weighted by Gasteiger charge is -2.35. The van der Waals surface area contributed by atoms with Crippen molar-refractivity contribution in [3.8, 4) is 6.07 Å². The van der Waals surface area contributed by atoms with Crippen LogP contribution < -0.4 is 0 Å². The molecule has 6 heteroatoms. The molecule has 4 rings (SSSR count). The van der Waals surface area contributed by atoms with Crippen molar-refractivity contribution in [2.45, 2.75) is 23.8 Å². The van der Waals surface area contributed by atoms with E-state index in [4.69, 9.17) is 11.6 Å². The van der Waals surface area contributed by atoms with E-state index >= 15 is 0 Å². The van der Waals surface area contributed by atoms with Gasteiger partial charge in [-0.05, 0) is 42.5 Å².